The molecular weight excluding hydrogens is 528 g/mol. The Morgan fingerprint density at radius 2 is 0.614 bits per heavy atom. The minimum absolute atomic E-state index is 1.25. The van der Waals surface area contributed by atoms with E-state index in [4.69, 9.17) is 0 Å². The van der Waals surface area contributed by atoms with Crippen molar-refractivity contribution in [3.8, 4) is 33.4 Å². The van der Waals surface area contributed by atoms with Gasteiger partial charge >= 0.3 is 0 Å². The van der Waals surface area contributed by atoms with Crippen molar-refractivity contribution >= 4 is 53.9 Å². The Morgan fingerprint density at radius 1 is 0.205 bits per heavy atom. The maximum Gasteiger partial charge on any atom is -0.00137 e. The van der Waals surface area contributed by atoms with Crippen molar-refractivity contribution in [2.45, 2.75) is 0 Å². The van der Waals surface area contributed by atoms with Crippen molar-refractivity contribution in [2.75, 3.05) is 0 Å². The first kappa shape index (κ1) is 24.8. The van der Waals surface area contributed by atoms with Crippen LogP contribution in [0.5, 0.6) is 0 Å². The fraction of sp³-hybridized carbons (Fsp3) is 0. The molecule has 0 N–H and O–H groups in total. The molecular formula is C44H28. The van der Waals surface area contributed by atoms with E-state index in [0.29, 0.717) is 0 Å². The molecule has 204 valence electrons. The molecule has 44 heavy (non-hydrogen) atoms. The highest BCUT2D eigenvalue weighted by atomic mass is 14.2. The van der Waals surface area contributed by atoms with Crippen LogP contribution in [-0.2, 0) is 0 Å². The van der Waals surface area contributed by atoms with Gasteiger partial charge in [0.15, 0.2) is 0 Å². The van der Waals surface area contributed by atoms with E-state index in [0.717, 1.165) is 0 Å². The van der Waals surface area contributed by atoms with Crippen LogP contribution < -0.4 is 0 Å². The summed E-state index contributed by atoms with van der Waals surface area (Å²) in [4.78, 5) is 0. The first-order valence-electron chi connectivity index (χ1n) is 15.3. The van der Waals surface area contributed by atoms with Gasteiger partial charge in [0, 0.05) is 0 Å². The molecule has 0 bridgehead atoms. The summed E-state index contributed by atoms with van der Waals surface area (Å²) in [6.45, 7) is 0. The van der Waals surface area contributed by atoms with E-state index in [1.54, 1.807) is 0 Å². The summed E-state index contributed by atoms with van der Waals surface area (Å²) in [6.07, 6.45) is 0. The summed E-state index contributed by atoms with van der Waals surface area (Å²) in [6, 6.07) is 62.5. The van der Waals surface area contributed by atoms with Gasteiger partial charge in [0.1, 0.15) is 0 Å². The summed E-state index contributed by atoms with van der Waals surface area (Å²) in [5.74, 6) is 0. The molecule has 0 saturated carbocycles. The highest BCUT2D eigenvalue weighted by Crippen LogP contribution is 2.49. The predicted molar refractivity (Wildman–Crippen MR) is 190 cm³/mol. The second kappa shape index (κ2) is 9.93. The molecule has 0 saturated heterocycles. The fourth-order valence-corrected chi connectivity index (χ4v) is 7.21. The van der Waals surface area contributed by atoms with E-state index in [1.807, 2.05) is 0 Å². The predicted octanol–water partition coefficient (Wildman–Crippen LogP) is 12.5. The van der Waals surface area contributed by atoms with Crippen LogP contribution in [0.25, 0.3) is 87.2 Å². The lowest BCUT2D eigenvalue weighted by Crippen LogP contribution is -1.95. The van der Waals surface area contributed by atoms with Gasteiger partial charge in [-0.15, -0.1) is 0 Å². The van der Waals surface area contributed by atoms with Crippen molar-refractivity contribution in [1.29, 1.82) is 0 Å². The van der Waals surface area contributed by atoms with Gasteiger partial charge in [-0.2, -0.15) is 0 Å². The Kier molecular flexibility index (Phi) is 5.61. The molecule has 0 amide bonds. The molecule has 9 aromatic rings. The zero-order valence-corrected chi connectivity index (χ0v) is 24.2. The quantitative estimate of drug-likeness (QED) is 0.190. The summed E-state index contributed by atoms with van der Waals surface area (Å²) in [5, 5.41) is 12.6. The Labute approximate surface area is 256 Å². The van der Waals surface area contributed by atoms with Crippen LogP contribution >= 0.6 is 0 Å². The van der Waals surface area contributed by atoms with E-state index < -0.39 is 0 Å². The van der Waals surface area contributed by atoms with E-state index in [-0.39, 0.29) is 0 Å². The monoisotopic (exact) mass is 556 g/mol. The van der Waals surface area contributed by atoms with Crippen molar-refractivity contribution in [3.05, 3.63) is 170 Å². The van der Waals surface area contributed by atoms with Crippen molar-refractivity contribution in [1.82, 2.24) is 0 Å². The Bertz CT molecular complexity index is 2540. The lowest BCUT2D eigenvalue weighted by atomic mass is 9.80. The molecule has 0 atom stereocenters. The number of rotatable bonds is 3. The van der Waals surface area contributed by atoms with E-state index in [2.05, 4.69) is 170 Å². The molecule has 0 aliphatic rings. The number of hydrogen-bond donors (Lipinski definition) is 0. The maximum atomic E-state index is 2.44. The summed E-state index contributed by atoms with van der Waals surface area (Å²) >= 11 is 0. The van der Waals surface area contributed by atoms with Crippen molar-refractivity contribution < 1.29 is 0 Å². The second-order valence-corrected chi connectivity index (χ2v) is 11.7. The number of fused-ring (bicyclic) bond motifs is 5. The van der Waals surface area contributed by atoms with Gasteiger partial charge < -0.3 is 0 Å². The van der Waals surface area contributed by atoms with Gasteiger partial charge in [-0.1, -0.05) is 152 Å². The van der Waals surface area contributed by atoms with E-state index in [9.17, 15) is 0 Å². The molecule has 0 unspecified atom stereocenters. The van der Waals surface area contributed by atoms with Gasteiger partial charge in [0.2, 0.25) is 0 Å². The smallest absolute Gasteiger partial charge is 0.00137 e. The Morgan fingerprint density at radius 3 is 1.18 bits per heavy atom. The SMILES string of the molecule is c1ccc2cc3c(-c4cccc5ccccc45)c(-c4cccc5ccccc45)c(-c4cccc5ccccc45)cc3cc2c1. The Hall–Kier alpha value is -5.72. The van der Waals surface area contributed by atoms with Crippen molar-refractivity contribution in [2.24, 2.45) is 0 Å². The highest BCUT2D eigenvalue weighted by molar-refractivity contribution is 6.20. The zero-order valence-electron chi connectivity index (χ0n) is 24.2. The first-order chi connectivity index (χ1) is 21.8. The average Bonchev–Trinajstić information content (AvgIpc) is 3.09. The molecule has 0 fully saturated rings. The molecule has 0 aliphatic carbocycles. The zero-order chi connectivity index (χ0) is 29.0. The van der Waals surface area contributed by atoms with Gasteiger partial charge in [0.25, 0.3) is 0 Å². The molecule has 0 aliphatic heterocycles. The molecule has 9 rings (SSSR count). The highest BCUT2D eigenvalue weighted by Gasteiger charge is 2.22. The standard InChI is InChI=1S/C44H28/c1-2-16-33-27-41-34(26-32(33)15-1)28-42(38-23-9-17-29-12-3-6-20-35(29)38)44(40-25-11-19-31-14-5-8-22-37(31)40)43(41)39-24-10-18-30-13-4-7-21-36(30)39/h1-28H. The third-order valence-corrected chi connectivity index (χ3v) is 9.20. The minimum Gasteiger partial charge on any atom is -0.0616 e. The minimum atomic E-state index is 1.25. The lowest BCUT2D eigenvalue weighted by molar-refractivity contribution is 1.63. The molecule has 0 heteroatoms. The summed E-state index contributed by atoms with van der Waals surface area (Å²) < 4.78 is 0. The largest absolute Gasteiger partial charge is 0.0616 e. The van der Waals surface area contributed by atoms with Crippen LogP contribution in [-0.4, -0.2) is 0 Å². The molecule has 0 aromatic heterocycles. The summed E-state index contributed by atoms with van der Waals surface area (Å²) in [7, 11) is 0. The molecule has 0 spiro atoms. The van der Waals surface area contributed by atoms with Crippen LogP contribution in [0.4, 0.5) is 0 Å². The first-order valence-corrected chi connectivity index (χ1v) is 15.3. The third kappa shape index (κ3) is 3.85. The van der Waals surface area contributed by atoms with Gasteiger partial charge in [-0.05, 0) is 105 Å². The van der Waals surface area contributed by atoms with Gasteiger partial charge in [0.05, 0.1) is 0 Å². The molecule has 0 radical (unpaired) electrons. The second-order valence-electron chi connectivity index (χ2n) is 11.7. The van der Waals surface area contributed by atoms with Crippen LogP contribution in [0, 0.1) is 0 Å². The van der Waals surface area contributed by atoms with Gasteiger partial charge in [-0.25, -0.2) is 0 Å². The fourth-order valence-electron chi connectivity index (χ4n) is 7.21. The normalized spacial score (nSPS) is 11.6. The van der Waals surface area contributed by atoms with Gasteiger partial charge in [-0.3, -0.25) is 0 Å². The lowest BCUT2D eigenvalue weighted by Gasteiger charge is -2.23. The molecule has 0 nitrogen and oxygen atoms in total. The summed E-state index contributed by atoms with van der Waals surface area (Å²) in [5.41, 5.74) is 7.57. The molecule has 0 heterocycles. The number of benzene rings is 9. The van der Waals surface area contributed by atoms with Crippen LogP contribution in [0.1, 0.15) is 0 Å². The van der Waals surface area contributed by atoms with E-state index >= 15 is 0 Å². The molecule has 9 aromatic carbocycles. The van der Waals surface area contributed by atoms with Crippen LogP contribution in [0.2, 0.25) is 0 Å². The van der Waals surface area contributed by atoms with Crippen LogP contribution in [0.15, 0.2) is 170 Å². The van der Waals surface area contributed by atoms with Crippen molar-refractivity contribution in [3.63, 3.8) is 0 Å². The topological polar surface area (TPSA) is 0 Å². The van der Waals surface area contributed by atoms with Crippen LogP contribution in [0.3, 0.4) is 0 Å². The third-order valence-electron chi connectivity index (χ3n) is 9.20. The Balaban J connectivity index is 1.56. The number of hydrogen-bond acceptors (Lipinski definition) is 0. The average molecular weight is 557 g/mol. The maximum absolute atomic E-state index is 2.44. The van der Waals surface area contributed by atoms with E-state index in [1.165, 1.54) is 87.2 Å².